The fourth-order valence-electron chi connectivity index (χ4n) is 3.37. The molecule has 0 aromatic carbocycles. The highest BCUT2D eigenvalue weighted by Crippen LogP contribution is 2.04. The Kier molecular flexibility index (Phi) is 19.8. The number of esters is 2. The Morgan fingerprint density at radius 3 is 1.72 bits per heavy atom. The monoisotopic (exact) mass is 613 g/mol. The molecule has 0 rings (SSSR count). The fourth-order valence-corrected chi connectivity index (χ4v) is 3.37. The summed E-state index contributed by atoms with van der Waals surface area (Å²) in [7, 11) is 2.26. The summed E-state index contributed by atoms with van der Waals surface area (Å²) < 4.78 is 9.17. The number of hydrogen-bond donors (Lipinski definition) is 3. The van der Waals surface area contributed by atoms with Crippen molar-refractivity contribution < 1.29 is 47.8 Å². The Balaban J connectivity index is 4.94. The molecule has 0 saturated carbocycles. The van der Waals surface area contributed by atoms with E-state index in [1.807, 2.05) is 27.7 Å². The molecule has 0 unspecified atom stereocenters. The van der Waals surface area contributed by atoms with E-state index in [0.717, 1.165) is 24.0 Å². The van der Waals surface area contributed by atoms with Gasteiger partial charge in [-0.3, -0.25) is 38.4 Å². The lowest BCUT2D eigenvalue weighted by Gasteiger charge is -2.22. The van der Waals surface area contributed by atoms with E-state index in [9.17, 15) is 38.4 Å². The van der Waals surface area contributed by atoms with E-state index >= 15 is 0 Å². The van der Waals surface area contributed by atoms with Crippen LogP contribution >= 0.6 is 0 Å². The van der Waals surface area contributed by atoms with Crippen LogP contribution in [-0.4, -0.2) is 123 Å². The first-order chi connectivity index (χ1) is 20.2. The molecule has 0 aromatic rings. The molecule has 0 bridgehead atoms. The summed E-state index contributed by atoms with van der Waals surface area (Å²) >= 11 is 0. The second-order valence-electron chi connectivity index (χ2n) is 10.6. The van der Waals surface area contributed by atoms with Crippen molar-refractivity contribution in [3.8, 4) is 0 Å². The van der Waals surface area contributed by atoms with Crippen LogP contribution in [0.1, 0.15) is 59.8 Å². The third-order valence-electron chi connectivity index (χ3n) is 5.94. The van der Waals surface area contributed by atoms with Crippen LogP contribution in [0, 0.1) is 5.92 Å². The maximum absolute atomic E-state index is 12.6. The zero-order valence-electron chi connectivity index (χ0n) is 26.1. The van der Waals surface area contributed by atoms with E-state index in [4.69, 9.17) is 0 Å². The van der Waals surface area contributed by atoms with Gasteiger partial charge in [-0.1, -0.05) is 27.7 Å². The molecule has 4 amide bonds. The van der Waals surface area contributed by atoms with Crippen molar-refractivity contribution in [2.45, 2.75) is 65.8 Å². The molecule has 0 atom stereocenters. The average Bonchev–Trinajstić information content (AvgIpc) is 2.95. The molecule has 0 spiro atoms. The van der Waals surface area contributed by atoms with Crippen LogP contribution in [-0.2, 0) is 47.8 Å². The Labute approximate surface area is 252 Å². The normalized spacial score (nSPS) is 10.6. The SMILES string of the molecule is COC(=O)CN(CC(=O)CCNC(=O)CN(CC(=O)OC)C(=O)CNC(=O)CCC(C)C)C(=O)CCC(=O)CNC(C)C. The number of nitrogens with zero attached hydrogens (tertiary/aromatic N) is 2. The summed E-state index contributed by atoms with van der Waals surface area (Å²) in [5.74, 6) is -4.13. The maximum atomic E-state index is 12.6. The van der Waals surface area contributed by atoms with Crippen LogP contribution in [0.3, 0.4) is 0 Å². The van der Waals surface area contributed by atoms with Gasteiger partial charge in [0, 0.05) is 38.3 Å². The van der Waals surface area contributed by atoms with Gasteiger partial charge in [0.1, 0.15) is 25.4 Å². The zero-order valence-corrected chi connectivity index (χ0v) is 26.1. The molecule has 15 nitrogen and oxygen atoms in total. The average molecular weight is 614 g/mol. The summed E-state index contributed by atoms with van der Waals surface area (Å²) in [5, 5.41) is 7.89. The van der Waals surface area contributed by atoms with Crippen molar-refractivity contribution in [1.82, 2.24) is 25.8 Å². The lowest BCUT2D eigenvalue weighted by atomic mass is 10.1. The lowest BCUT2D eigenvalue weighted by molar-refractivity contribution is -0.148. The minimum Gasteiger partial charge on any atom is -0.468 e. The zero-order chi connectivity index (χ0) is 32.9. The number of amides is 4. The number of nitrogens with one attached hydrogen (secondary N) is 3. The molecular formula is C28H47N5O10. The number of carbonyl (C=O) groups is 8. The second kappa shape index (κ2) is 21.8. The number of Topliss-reactive ketones (excluding diaryl/α,β-unsaturated/α-hetero) is 2. The molecule has 0 aliphatic heterocycles. The largest absolute Gasteiger partial charge is 0.468 e. The highest BCUT2D eigenvalue weighted by atomic mass is 16.5. The summed E-state index contributed by atoms with van der Waals surface area (Å²) in [4.78, 5) is 99.6. The molecule has 15 heteroatoms. The van der Waals surface area contributed by atoms with Crippen molar-refractivity contribution in [2.75, 3.05) is 60.0 Å². The van der Waals surface area contributed by atoms with E-state index in [-0.39, 0.29) is 56.5 Å². The molecule has 0 aromatic heterocycles. The Morgan fingerprint density at radius 2 is 1.19 bits per heavy atom. The van der Waals surface area contributed by atoms with Gasteiger partial charge in [0.25, 0.3) is 0 Å². The first kappa shape index (κ1) is 39.1. The molecule has 3 N–H and O–H groups in total. The molecule has 0 aliphatic rings. The molecule has 244 valence electrons. The summed E-state index contributed by atoms with van der Waals surface area (Å²) in [5.41, 5.74) is 0. The van der Waals surface area contributed by atoms with Gasteiger partial charge in [-0.05, 0) is 12.3 Å². The van der Waals surface area contributed by atoms with E-state index in [1.165, 1.54) is 0 Å². The number of methoxy groups -OCH3 is 2. The van der Waals surface area contributed by atoms with E-state index < -0.39 is 68.2 Å². The predicted molar refractivity (Wildman–Crippen MR) is 154 cm³/mol. The van der Waals surface area contributed by atoms with Gasteiger partial charge in [-0.15, -0.1) is 0 Å². The van der Waals surface area contributed by atoms with Crippen LogP contribution in [0.4, 0.5) is 0 Å². The number of rotatable bonds is 22. The highest BCUT2D eigenvalue weighted by molar-refractivity contribution is 5.92. The van der Waals surface area contributed by atoms with Crippen LogP contribution in [0.25, 0.3) is 0 Å². The summed E-state index contributed by atoms with van der Waals surface area (Å²) in [6.45, 7) is 5.22. The van der Waals surface area contributed by atoms with E-state index in [2.05, 4.69) is 25.4 Å². The van der Waals surface area contributed by atoms with Crippen LogP contribution in [0.2, 0.25) is 0 Å². The minimum absolute atomic E-state index is 0.0666. The second-order valence-corrected chi connectivity index (χ2v) is 10.6. The first-order valence-electron chi connectivity index (χ1n) is 14.2. The van der Waals surface area contributed by atoms with Crippen molar-refractivity contribution in [3.63, 3.8) is 0 Å². The standard InChI is InChI=1S/C28H47N5O10/c1-19(2)7-9-23(36)31-14-26(39)33(18-28(41)43-6)16-24(37)29-12-11-22(35)15-32(17-27(40)42-5)25(38)10-8-21(34)13-30-20(3)4/h19-20,30H,7-18H2,1-6H3,(H,29,37)(H,31,36). The van der Waals surface area contributed by atoms with Gasteiger partial charge in [-0.25, -0.2) is 0 Å². The molecule has 43 heavy (non-hydrogen) atoms. The van der Waals surface area contributed by atoms with Gasteiger partial charge in [0.15, 0.2) is 5.78 Å². The molecule has 0 aliphatic carbocycles. The minimum atomic E-state index is -0.768. The number of hydrogen-bond acceptors (Lipinski definition) is 11. The van der Waals surface area contributed by atoms with Crippen molar-refractivity contribution in [2.24, 2.45) is 5.92 Å². The molecule has 0 heterocycles. The predicted octanol–water partition coefficient (Wildman–Crippen LogP) is -1.04. The van der Waals surface area contributed by atoms with E-state index in [1.54, 1.807) is 0 Å². The topological polar surface area (TPSA) is 198 Å². The maximum Gasteiger partial charge on any atom is 0.325 e. The van der Waals surface area contributed by atoms with Gasteiger partial charge < -0.3 is 35.2 Å². The van der Waals surface area contributed by atoms with Gasteiger partial charge in [0.05, 0.1) is 33.9 Å². The van der Waals surface area contributed by atoms with Crippen molar-refractivity contribution in [1.29, 1.82) is 0 Å². The molecule has 0 fully saturated rings. The number of ketones is 2. The van der Waals surface area contributed by atoms with Crippen molar-refractivity contribution in [3.05, 3.63) is 0 Å². The number of ether oxygens (including phenoxy) is 2. The molecule has 0 saturated heterocycles. The summed E-state index contributed by atoms with van der Waals surface area (Å²) in [6, 6.07) is 0.0945. The van der Waals surface area contributed by atoms with Crippen LogP contribution in [0.15, 0.2) is 0 Å². The van der Waals surface area contributed by atoms with Crippen LogP contribution < -0.4 is 16.0 Å². The smallest absolute Gasteiger partial charge is 0.325 e. The lowest BCUT2D eigenvalue weighted by Crippen LogP contribution is -2.47. The first-order valence-corrected chi connectivity index (χ1v) is 14.2. The van der Waals surface area contributed by atoms with Crippen molar-refractivity contribution >= 4 is 47.1 Å². The summed E-state index contributed by atoms with van der Waals surface area (Å²) in [6.07, 6.45) is 0.403. The fraction of sp³-hybridized carbons (Fsp3) is 0.714. The number of carbonyl (C=O) groups excluding carboxylic acids is 8. The molecule has 0 radical (unpaired) electrons. The quantitative estimate of drug-likeness (QED) is 0.126. The molecular weight excluding hydrogens is 566 g/mol. The Morgan fingerprint density at radius 1 is 0.605 bits per heavy atom. The van der Waals surface area contributed by atoms with Gasteiger partial charge >= 0.3 is 11.9 Å². The highest BCUT2D eigenvalue weighted by Gasteiger charge is 2.23. The van der Waals surface area contributed by atoms with Gasteiger partial charge in [0.2, 0.25) is 23.6 Å². The van der Waals surface area contributed by atoms with E-state index in [0.29, 0.717) is 12.3 Å². The Hall–Kier alpha value is -3.88. The Bertz CT molecular complexity index is 907. The third-order valence-corrected chi connectivity index (χ3v) is 5.94. The third kappa shape index (κ3) is 19.8. The van der Waals surface area contributed by atoms with Gasteiger partial charge in [-0.2, -0.15) is 0 Å². The van der Waals surface area contributed by atoms with Crippen LogP contribution in [0.5, 0.6) is 0 Å².